The molecule has 1 saturated carbocycles. The van der Waals surface area contributed by atoms with E-state index in [4.69, 9.17) is 0 Å². The van der Waals surface area contributed by atoms with E-state index in [1.807, 2.05) is 13.8 Å². The van der Waals surface area contributed by atoms with Crippen molar-refractivity contribution in [2.24, 2.45) is 22.2 Å². The van der Waals surface area contributed by atoms with Gasteiger partial charge in [-0.25, -0.2) is 0 Å². The average Bonchev–Trinajstić information content (AvgIpc) is 2.50. The van der Waals surface area contributed by atoms with Gasteiger partial charge in [-0.1, -0.05) is 68.7 Å². The van der Waals surface area contributed by atoms with Crippen LogP contribution < -0.4 is 0 Å². The number of rotatable bonds is 0. The van der Waals surface area contributed by atoms with Crippen LogP contribution in [0.4, 0.5) is 0 Å². The molecule has 0 saturated heterocycles. The van der Waals surface area contributed by atoms with E-state index in [2.05, 4.69) is 48.5 Å². The van der Waals surface area contributed by atoms with E-state index in [0.717, 1.165) is 5.92 Å². The minimum atomic E-state index is 0.440. The Morgan fingerprint density at radius 3 is 1.38 bits per heavy atom. The van der Waals surface area contributed by atoms with Crippen LogP contribution in [0.3, 0.4) is 0 Å². The molecule has 16 heavy (non-hydrogen) atoms. The van der Waals surface area contributed by atoms with Crippen molar-refractivity contribution in [1.29, 1.82) is 0 Å². The first-order valence-corrected chi connectivity index (χ1v) is 7.10. The average molecular weight is 226 g/mol. The van der Waals surface area contributed by atoms with Crippen LogP contribution in [0.15, 0.2) is 0 Å². The van der Waals surface area contributed by atoms with Crippen LogP contribution in [0.5, 0.6) is 0 Å². The minimum Gasteiger partial charge on any atom is -0.0683 e. The maximum atomic E-state index is 2.43. The summed E-state index contributed by atoms with van der Waals surface area (Å²) in [5, 5.41) is 0. The molecule has 0 aliphatic heterocycles. The lowest BCUT2D eigenvalue weighted by Crippen LogP contribution is -2.44. The molecule has 1 aliphatic rings. The Kier molecular flexibility index (Phi) is 5.10. The zero-order chi connectivity index (χ0) is 13.2. The lowest BCUT2D eigenvalue weighted by Gasteiger charge is -2.52. The molecule has 1 rings (SSSR count). The standard InChI is InChI=1S/C14H28.C2H6/c1-11-8-9-14(10-11,12(2,3)4)13(5,6)7;1-2/h11H,8-10H2,1-7H3;1-2H3. The molecule has 0 amide bonds. The highest BCUT2D eigenvalue weighted by Crippen LogP contribution is 2.62. The highest BCUT2D eigenvalue weighted by atomic mass is 14.6. The summed E-state index contributed by atoms with van der Waals surface area (Å²) in [6.45, 7) is 21.0. The van der Waals surface area contributed by atoms with Gasteiger partial charge in [0.25, 0.3) is 0 Å². The molecule has 1 unspecified atom stereocenters. The molecule has 0 bridgehead atoms. The van der Waals surface area contributed by atoms with Crippen LogP contribution in [0.25, 0.3) is 0 Å². The Labute approximate surface area is 104 Å². The number of hydrogen-bond donors (Lipinski definition) is 0. The summed E-state index contributed by atoms with van der Waals surface area (Å²) >= 11 is 0. The van der Waals surface area contributed by atoms with Gasteiger partial charge in [0.05, 0.1) is 0 Å². The summed E-state index contributed by atoms with van der Waals surface area (Å²) in [7, 11) is 0. The summed E-state index contributed by atoms with van der Waals surface area (Å²) in [5.41, 5.74) is 1.42. The topological polar surface area (TPSA) is 0 Å². The maximum absolute atomic E-state index is 2.43. The predicted molar refractivity (Wildman–Crippen MR) is 75.7 cm³/mol. The molecule has 0 heterocycles. The van der Waals surface area contributed by atoms with Crippen molar-refractivity contribution < 1.29 is 0 Å². The molecule has 98 valence electrons. The van der Waals surface area contributed by atoms with Gasteiger partial charge in [0.1, 0.15) is 0 Å². The zero-order valence-electron chi connectivity index (χ0n) is 13.2. The van der Waals surface area contributed by atoms with Crippen LogP contribution in [0, 0.1) is 22.2 Å². The van der Waals surface area contributed by atoms with Gasteiger partial charge in [-0.15, -0.1) is 0 Å². The molecule has 0 aromatic rings. The van der Waals surface area contributed by atoms with Gasteiger partial charge in [-0.05, 0) is 35.0 Å². The maximum Gasteiger partial charge on any atom is -0.0198 e. The molecule has 0 spiro atoms. The van der Waals surface area contributed by atoms with E-state index >= 15 is 0 Å². The predicted octanol–water partition coefficient (Wildman–Crippen LogP) is 5.91. The monoisotopic (exact) mass is 226 g/mol. The van der Waals surface area contributed by atoms with E-state index < -0.39 is 0 Å². The second kappa shape index (κ2) is 5.10. The van der Waals surface area contributed by atoms with Crippen molar-refractivity contribution in [3.63, 3.8) is 0 Å². The second-order valence-corrected chi connectivity index (χ2v) is 7.43. The van der Waals surface area contributed by atoms with Gasteiger partial charge < -0.3 is 0 Å². The molecule has 0 N–H and O–H groups in total. The minimum absolute atomic E-state index is 0.440. The van der Waals surface area contributed by atoms with Crippen LogP contribution in [0.2, 0.25) is 0 Å². The SMILES string of the molecule is CC.CC1CCC(C(C)(C)C)(C(C)(C)C)C1. The fourth-order valence-electron chi connectivity index (χ4n) is 3.78. The van der Waals surface area contributed by atoms with Crippen molar-refractivity contribution >= 4 is 0 Å². The lowest BCUT2D eigenvalue weighted by molar-refractivity contribution is -0.0285. The highest BCUT2D eigenvalue weighted by molar-refractivity contribution is 5.02. The molecule has 1 atom stereocenters. The van der Waals surface area contributed by atoms with Crippen LogP contribution in [-0.4, -0.2) is 0 Å². The van der Waals surface area contributed by atoms with E-state index in [9.17, 15) is 0 Å². The molecular weight excluding hydrogens is 192 g/mol. The van der Waals surface area contributed by atoms with E-state index in [1.165, 1.54) is 19.3 Å². The van der Waals surface area contributed by atoms with Crippen molar-refractivity contribution in [3.05, 3.63) is 0 Å². The zero-order valence-corrected chi connectivity index (χ0v) is 13.2. The van der Waals surface area contributed by atoms with E-state index in [1.54, 1.807) is 0 Å². The van der Waals surface area contributed by atoms with Crippen molar-refractivity contribution in [3.8, 4) is 0 Å². The lowest BCUT2D eigenvalue weighted by atomic mass is 9.53. The van der Waals surface area contributed by atoms with Crippen molar-refractivity contribution in [2.75, 3.05) is 0 Å². The quantitative estimate of drug-likeness (QED) is 0.481. The fourth-order valence-corrected chi connectivity index (χ4v) is 3.78. The first kappa shape index (κ1) is 16.0. The van der Waals surface area contributed by atoms with Gasteiger partial charge in [-0.2, -0.15) is 0 Å². The van der Waals surface area contributed by atoms with Gasteiger partial charge in [0.15, 0.2) is 0 Å². The van der Waals surface area contributed by atoms with Crippen LogP contribution in [-0.2, 0) is 0 Å². The second-order valence-electron chi connectivity index (χ2n) is 7.43. The summed E-state index contributed by atoms with van der Waals surface area (Å²) in [6.07, 6.45) is 4.26. The molecule has 0 nitrogen and oxygen atoms in total. The van der Waals surface area contributed by atoms with Gasteiger partial charge in [0.2, 0.25) is 0 Å². The fraction of sp³-hybridized carbons (Fsp3) is 1.00. The highest BCUT2D eigenvalue weighted by Gasteiger charge is 2.53. The Bertz CT molecular complexity index is 185. The Balaban J connectivity index is 0.00000106. The van der Waals surface area contributed by atoms with E-state index in [0.29, 0.717) is 16.2 Å². The third-order valence-corrected chi connectivity index (χ3v) is 4.63. The molecular formula is C16H34. The Morgan fingerprint density at radius 2 is 1.25 bits per heavy atom. The Hall–Kier alpha value is 0. The summed E-state index contributed by atoms with van der Waals surface area (Å²) in [6, 6.07) is 0. The normalized spacial score (nSPS) is 24.9. The van der Waals surface area contributed by atoms with Crippen molar-refractivity contribution in [2.45, 2.75) is 81.6 Å². The third kappa shape index (κ3) is 2.81. The molecule has 0 heteroatoms. The summed E-state index contributed by atoms with van der Waals surface area (Å²) in [5.74, 6) is 0.924. The van der Waals surface area contributed by atoms with E-state index in [-0.39, 0.29) is 0 Å². The van der Waals surface area contributed by atoms with Crippen molar-refractivity contribution in [1.82, 2.24) is 0 Å². The number of hydrogen-bond acceptors (Lipinski definition) is 0. The summed E-state index contributed by atoms with van der Waals surface area (Å²) in [4.78, 5) is 0. The molecule has 0 aromatic heterocycles. The van der Waals surface area contributed by atoms with Crippen LogP contribution in [0.1, 0.15) is 81.6 Å². The molecule has 1 aliphatic carbocycles. The third-order valence-electron chi connectivity index (χ3n) is 4.63. The molecule has 1 fully saturated rings. The Morgan fingerprint density at radius 1 is 0.875 bits per heavy atom. The first-order chi connectivity index (χ1) is 7.10. The molecule has 0 aromatic carbocycles. The van der Waals surface area contributed by atoms with Crippen LogP contribution >= 0.6 is 0 Å². The largest absolute Gasteiger partial charge is 0.0683 e. The molecule has 0 radical (unpaired) electrons. The van der Waals surface area contributed by atoms with Gasteiger partial charge >= 0.3 is 0 Å². The first-order valence-electron chi connectivity index (χ1n) is 7.10. The smallest absolute Gasteiger partial charge is 0.0198 e. The summed E-state index contributed by atoms with van der Waals surface area (Å²) < 4.78 is 0. The van der Waals surface area contributed by atoms with Gasteiger partial charge in [0, 0.05) is 0 Å². The van der Waals surface area contributed by atoms with Gasteiger partial charge in [-0.3, -0.25) is 0 Å².